The average Bonchev–Trinajstić information content (AvgIpc) is 2.48. The van der Waals surface area contributed by atoms with Crippen molar-refractivity contribution in [3.8, 4) is 0 Å². The van der Waals surface area contributed by atoms with E-state index in [1.165, 1.54) is 18.2 Å². The Hall–Kier alpha value is -0.340. The van der Waals surface area contributed by atoms with Crippen molar-refractivity contribution in [2.45, 2.75) is 6.92 Å². The minimum absolute atomic E-state index is 0. The molecule has 2 rings (SSSR count). The van der Waals surface area contributed by atoms with Crippen molar-refractivity contribution in [1.82, 2.24) is 0 Å². The molecule has 0 aliphatic carbocycles. The molecule has 0 aliphatic rings. The van der Waals surface area contributed by atoms with Crippen LogP contribution in [-0.4, -0.2) is 14.3 Å². The molecule has 0 fully saturated rings. The quantitative estimate of drug-likeness (QED) is 0.382. The number of sulfonamides is 1. The summed E-state index contributed by atoms with van der Waals surface area (Å²) in [7, 11) is -4.07. The Balaban J connectivity index is 0.00000312. The third-order valence-electron chi connectivity index (χ3n) is 3.01. The normalized spacial score (nSPS) is 12.2. The van der Waals surface area contributed by atoms with Gasteiger partial charge in [0.1, 0.15) is 0 Å². The third kappa shape index (κ3) is 6.71. The number of benzene rings is 2. The molecule has 0 heterocycles. The van der Waals surface area contributed by atoms with Crippen molar-refractivity contribution in [2.24, 2.45) is 4.40 Å². The van der Waals surface area contributed by atoms with Crippen LogP contribution < -0.4 is 34.7 Å². The molecule has 25 heavy (non-hydrogen) atoms. The minimum Gasteiger partial charge on any atom is -0.858 e. The monoisotopic (exact) mass is 469 g/mol. The third-order valence-corrected chi connectivity index (χ3v) is 5.14. The molecule has 0 spiro atoms. The van der Waals surface area contributed by atoms with Gasteiger partial charge < -0.3 is 5.11 Å². The van der Waals surface area contributed by atoms with Crippen molar-refractivity contribution in [3.63, 3.8) is 0 Å². The zero-order chi connectivity index (χ0) is 17.9. The SMILES string of the molecule is Cc1cc(Br)ccc1/C([O-])=N/S(=O)(=O)/C=C/c1ccc(Cl)c(Cl)c1.[Na+]. The van der Waals surface area contributed by atoms with Crippen LogP contribution in [0.15, 0.2) is 50.7 Å². The summed E-state index contributed by atoms with van der Waals surface area (Å²) in [6.45, 7) is 1.70. The fourth-order valence-corrected chi connectivity index (χ4v) is 3.34. The molecule has 0 bridgehead atoms. The van der Waals surface area contributed by atoms with Gasteiger partial charge in [0, 0.05) is 10.4 Å². The van der Waals surface area contributed by atoms with Crippen LogP contribution in [0.3, 0.4) is 0 Å². The molecule has 0 aliphatic heterocycles. The van der Waals surface area contributed by atoms with E-state index in [1.807, 2.05) is 0 Å². The van der Waals surface area contributed by atoms with Gasteiger partial charge in [-0.2, -0.15) is 12.8 Å². The van der Waals surface area contributed by atoms with Crippen molar-refractivity contribution in [3.05, 3.63) is 73.0 Å². The predicted molar refractivity (Wildman–Crippen MR) is 99.8 cm³/mol. The van der Waals surface area contributed by atoms with E-state index in [0.717, 1.165) is 9.88 Å². The van der Waals surface area contributed by atoms with Gasteiger partial charge in [-0.25, -0.2) is 0 Å². The van der Waals surface area contributed by atoms with E-state index in [0.29, 0.717) is 21.2 Å². The summed E-state index contributed by atoms with van der Waals surface area (Å²) in [6, 6.07) is 9.53. The number of hydrogen-bond donors (Lipinski definition) is 0. The predicted octanol–water partition coefficient (Wildman–Crippen LogP) is 1.18. The summed E-state index contributed by atoms with van der Waals surface area (Å²) >= 11 is 14.9. The van der Waals surface area contributed by atoms with E-state index >= 15 is 0 Å². The molecule has 0 saturated carbocycles. The van der Waals surface area contributed by atoms with Crippen LogP contribution in [0.25, 0.3) is 6.08 Å². The molecular formula is C16H11BrCl2NNaO3S. The van der Waals surface area contributed by atoms with Gasteiger partial charge in [0.05, 0.1) is 15.5 Å². The van der Waals surface area contributed by atoms with Gasteiger partial charge in [0.15, 0.2) is 0 Å². The molecular weight excluding hydrogens is 460 g/mol. The van der Waals surface area contributed by atoms with E-state index in [4.69, 9.17) is 23.2 Å². The van der Waals surface area contributed by atoms with E-state index < -0.39 is 15.9 Å². The van der Waals surface area contributed by atoms with E-state index in [9.17, 15) is 13.5 Å². The number of hydrogen-bond acceptors (Lipinski definition) is 3. The average molecular weight is 471 g/mol. The molecule has 0 aromatic heterocycles. The maximum atomic E-state index is 12.1. The fraction of sp³-hybridized carbons (Fsp3) is 0.0625. The first kappa shape index (κ1) is 22.7. The van der Waals surface area contributed by atoms with E-state index in [-0.39, 0.29) is 35.1 Å². The standard InChI is InChI=1S/C16H12BrCl2NO3S.Na/c1-10-8-12(17)3-4-13(10)16(21)20-24(22,23)7-6-11-2-5-14(18)15(19)9-11;/h2-9H,1H3,(H,20,21);/q;+1/p-1/b7-6+;. The number of nitrogens with zero attached hydrogens (tertiary/aromatic N) is 1. The first-order chi connectivity index (χ1) is 11.2. The molecule has 126 valence electrons. The Labute approximate surface area is 187 Å². The summed E-state index contributed by atoms with van der Waals surface area (Å²) in [5, 5.41) is 13.6. The number of rotatable bonds is 4. The zero-order valence-corrected chi connectivity index (χ0v) is 19.2. The van der Waals surface area contributed by atoms with Crippen LogP contribution in [-0.2, 0) is 10.0 Å². The Bertz CT molecular complexity index is 946. The zero-order valence-electron chi connectivity index (χ0n) is 13.3. The Kier molecular flexibility index (Phi) is 8.67. The molecule has 0 atom stereocenters. The maximum Gasteiger partial charge on any atom is 1.00 e. The second kappa shape index (κ2) is 9.55. The van der Waals surface area contributed by atoms with E-state index in [1.54, 1.807) is 31.2 Å². The Morgan fingerprint density at radius 3 is 2.44 bits per heavy atom. The van der Waals surface area contributed by atoms with Gasteiger partial charge in [-0.15, -0.1) is 0 Å². The number of aryl methyl sites for hydroxylation is 1. The summed E-state index contributed by atoms with van der Waals surface area (Å²) in [4.78, 5) is 0. The molecule has 2 aromatic carbocycles. The van der Waals surface area contributed by atoms with Gasteiger partial charge >= 0.3 is 29.6 Å². The van der Waals surface area contributed by atoms with E-state index in [2.05, 4.69) is 20.3 Å². The van der Waals surface area contributed by atoms with Gasteiger partial charge in [-0.3, -0.25) is 0 Å². The van der Waals surface area contributed by atoms with Crippen molar-refractivity contribution >= 4 is 61.1 Å². The molecule has 0 radical (unpaired) electrons. The summed E-state index contributed by atoms with van der Waals surface area (Å²) in [6.07, 6.45) is 1.29. The molecule has 0 amide bonds. The van der Waals surface area contributed by atoms with Crippen molar-refractivity contribution in [2.75, 3.05) is 0 Å². The maximum absolute atomic E-state index is 12.1. The molecule has 0 unspecified atom stereocenters. The van der Waals surface area contributed by atoms with Crippen molar-refractivity contribution in [1.29, 1.82) is 0 Å². The topological polar surface area (TPSA) is 69.6 Å². The molecule has 2 aromatic rings. The van der Waals surface area contributed by atoms with Gasteiger partial charge in [0.2, 0.25) is 0 Å². The fourth-order valence-electron chi connectivity index (χ4n) is 1.84. The molecule has 0 saturated heterocycles. The molecule has 0 N–H and O–H groups in total. The molecule has 4 nitrogen and oxygen atoms in total. The number of halogens is 3. The minimum atomic E-state index is -4.07. The van der Waals surface area contributed by atoms with Crippen LogP contribution in [0.5, 0.6) is 0 Å². The second-order valence-electron chi connectivity index (χ2n) is 4.85. The Morgan fingerprint density at radius 2 is 1.84 bits per heavy atom. The second-order valence-corrected chi connectivity index (χ2v) is 8.06. The van der Waals surface area contributed by atoms with Crippen LogP contribution in [0, 0.1) is 6.92 Å². The van der Waals surface area contributed by atoms with Gasteiger partial charge in [0.25, 0.3) is 10.0 Å². The van der Waals surface area contributed by atoms with Crippen LogP contribution in [0.1, 0.15) is 16.7 Å². The summed E-state index contributed by atoms with van der Waals surface area (Å²) in [5.41, 5.74) is 1.38. The van der Waals surface area contributed by atoms with Crippen LogP contribution >= 0.6 is 39.1 Å². The van der Waals surface area contributed by atoms with Gasteiger partial charge in [-0.1, -0.05) is 51.3 Å². The smallest absolute Gasteiger partial charge is 0.858 e. The van der Waals surface area contributed by atoms with Crippen LogP contribution in [0.2, 0.25) is 10.0 Å². The first-order valence-electron chi connectivity index (χ1n) is 6.59. The molecule has 9 heteroatoms. The largest absolute Gasteiger partial charge is 1.00 e. The van der Waals surface area contributed by atoms with Crippen LogP contribution in [0.4, 0.5) is 0 Å². The summed E-state index contributed by atoms with van der Waals surface area (Å²) < 4.78 is 28.0. The van der Waals surface area contributed by atoms with Crippen molar-refractivity contribution < 1.29 is 43.1 Å². The first-order valence-corrected chi connectivity index (χ1v) is 9.65. The van der Waals surface area contributed by atoms with Gasteiger partial charge in [-0.05, 0) is 54.0 Å². The summed E-state index contributed by atoms with van der Waals surface area (Å²) in [5.74, 6) is -0.821. The Morgan fingerprint density at radius 1 is 1.16 bits per heavy atom.